The zero-order chi connectivity index (χ0) is 16.6. The van der Waals surface area contributed by atoms with Crippen LogP contribution >= 0.6 is 11.3 Å². The zero-order valence-corrected chi connectivity index (χ0v) is 14.2. The number of carbonyl (C=O) groups excluding carboxylic acids is 1. The second-order valence-corrected chi connectivity index (χ2v) is 7.62. The van der Waals surface area contributed by atoms with Crippen LogP contribution in [0.5, 0.6) is 0 Å². The van der Waals surface area contributed by atoms with Crippen LogP contribution in [-0.2, 0) is 17.7 Å². The second kappa shape index (κ2) is 6.07. The Kier molecular flexibility index (Phi) is 3.90. The van der Waals surface area contributed by atoms with Gasteiger partial charge >= 0.3 is 6.09 Å². The van der Waals surface area contributed by atoms with Crippen molar-refractivity contribution in [3.8, 4) is 0 Å². The molecule has 24 heavy (non-hydrogen) atoms. The summed E-state index contributed by atoms with van der Waals surface area (Å²) >= 11 is 1.52. The summed E-state index contributed by atoms with van der Waals surface area (Å²) in [5.74, 6) is 0. The molecule has 1 amide bonds. The van der Waals surface area contributed by atoms with Crippen molar-refractivity contribution in [3.05, 3.63) is 47.0 Å². The van der Waals surface area contributed by atoms with Gasteiger partial charge in [-0.05, 0) is 5.56 Å². The molecule has 1 unspecified atom stereocenters. The van der Waals surface area contributed by atoms with Gasteiger partial charge in [-0.3, -0.25) is 9.80 Å². The highest BCUT2D eigenvalue weighted by Gasteiger charge is 2.50. The van der Waals surface area contributed by atoms with Gasteiger partial charge in [0.1, 0.15) is 6.61 Å². The lowest BCUT2D eigenvalue weighted by molar-refractivity contribution is 0.0481. The van der Waals surface area contributed by atoms with E-state index in [1.807, 2.05) is 29.3 Å². The number of anilines is 1. The number of piperazine rings is 1. The molecule has 2 saturated heterocycles. The number of fused-ring (bicyclic) bond motifs is 1. The van der Waals surface area contributed by atoms with Crippen molar-refractivity contribution in [2.75, 3.05) is 32.0 Å². The molecular formula is C17H20N4O2S. The molecule has 2 fully saturated rings. The number of ether oxygens (including phenoxy) is 1. The van der Waals surface area contributed by atoms with Crippen molar-refractivity contribution in [1.29, 1.82) is 0 Å². The lowest BCUT2D eigenvalue weighted by Crippen LogP contribution is -2.62. The van der Waals surface area contributed by atoms with Crippen LogP contribution in [0.4, 0.5) is 9.93 Å². The molecule has 0 bridgehead atoms. The lowest BCUT2D eigenvalue weighted by atomic mass is 9.88. The molecule has 6 nitrogen and oxygen atoms in total. The van der Waals surface area contributed by atoms with Crippen molar-refractivity contribution >= 4 is 22.6 Å². The first-order chi connectivity index (χ1) is 11.6. The maximum Gasteiger partial charge on any atom is 0.410 e. The number of rotatable bonds is 4. The minimum Gasteiger partial charge on any atom is -0.447 e. The highest BCUT2D eigenvalue weighted by atomic mass is 32.1. The number of hydrogen-bond donors (Lipinski definition) is 1. The summed E-state index contributed by atoms with van der Waals surface area (Å²) in [6, 6.07) is 10.3. The average molecular weight is 344 g/mol. The monoisotopic (exact) mass is 344 g/mol. The molecule has 2 aromatic rings. The van der Waals surface area contributed by atoms with Gasteiger partial charge in [-0.2, -0.15) is 0 Å². The van der Waals surface area contributed by atoms with E-state index in [-0.39, 0.29) is 11.6 Å². The number of thiazole rings is 1. The Morgan fingerprint density at radius 1 is 1.29 bits per heavy atom. The second-order valence-electron chi connectivity index (χ2n) is 6.47. The van der Waals surface area contributed by atoms with Gasteiger partial charge in [0.05, 0.1) is 5.54 Å². The van der Waals surface area contributed by atoms with Crippen LogP contribution < -0.4 is 5.73 Å². The largest absolute Gasteiger partial charge is 0.447 e. The molecule has 0 radical (unpaired) electrons. The summed E-state index contributed by atoms with van der Waals surface area (Å²) in [4.78, 5) is 21.7. The molecular weight excluding hydrogens is 324 g/mol. The highest BCUT2D eigenvalue weighted by Crippen LogP contribution is 2.33. The van der Waals surface area contributed by atoms with E-state index in [0.717, 1.165) is 30.9 Å². The summed E-state index contributed by atoms with van der Waals surface area (Å²) < 4.78 is 5.41. The van der Waals surface area contributed by atoms with Crippen LogP contribution in [0.3, 0.4) is 0 Å². The van der Waals surface area contributed by atoms with E-state index >= 15 is 0 Å². The molecule has 2 N–H and O–H groups in total. The number of cyclic esters (lactones) is 1. The van der Waals surface area contributed by atoms with E-state index in [0.29, 0.717) is 18.3 Å². The fourth-order valence-electron chi connectivity index (χ4n) is 3.67. The van der Waals surface area contributed by atoms with Crippen molar-refractivity contribution in [2.45, 2.75) is 18.5 Å². The minimum atomic E-state index is -0.285. The van der Waals surface area contributed by atoms with Crippen molar-refractivity contribution in [1.82, 2.24) is 14.8 Å². The van der Waals surface area contributed by atoms with Gasteiger partial charge in [0.2, 0.25) is 0 Å². The molecule has 2 aliphatic heterocycles. The first kappa shape index (κ1) is 15.4. The molecule has 3 heterocycles. The number of nitrogen functional groups attached to an aromatic ring is 1. The number of hydrogen-bond acceptors (Lipinski definition) is 6. The Hall–Kier alpha value is -2.12. The Morgan fingerprint density at radius 3 is 2.88 bits per heavy atom. The molecule has 1 aromatic carbocycles. The number of nitrogens with two attached hydrogens (primary N) is 1. The van der Waals surface area contributed by atoms with E-state index in [9.17, 15) is 4.79 Å². The van der Waals surface area contributed by atoms with Gasteiger partial charge in [0, 0.05) is 43.7 Å². The van der Waals surface area contributed by atoms with Crippen LogP contribution in [-0.4, -0.2) is 52.7 Å². The van der Waals surface area contributed by atoms with Gasteiger partial charge in [-0.25, -0.2) is 9.78 Å². The summed E-state index contributed by atoms with van der Waals surface area (Å²) in [5.41, 5.74) is 6.67. The summed E-state index contributed by atoms with van der Waals surface area (Å²) in [6.07, 6.45) is 2.46. The SMILES string of the molecule is Nc1ncc(CN2CCN3C(=O)OCC3(Cc3ccccc3)C2)s1. The van der Waals surface area contributed by atoms with Crippen LogP contribution in [0, 0.1) is 0 Å². The topological polar surface area (TPSA) is 71.7 Å². The average Bonchev–Trinajstić information content (AvgIpc) is 3.12. The normalized spacial score (nSPS) is 24.0. The predicted octanol–water partition coefficient (Wildman–Crippen LogP) is 1.97. The first-order valence-electron chi connectivity index (χ1n) is 8.05. The maximum absolute atomic E-state index is 12.1. The molecule has 0 spiro atoms. The minimum absolute atomic E-state index is 0.187. The summed E-state index contributed by atoms with van der Waals surface area (Å²) in [6.45, 7) is 3.59. The van der Waals surface area contributed by atoms with Crippen molar-refractivity contribution < 1.29 is 9.53 Å². The third-order valence-electron chi connectivity index (χ3n) is 4.74. The van der Waals surface area contributed by atoms with Gasteiger partial charge in [-0.15, -0.1) is 11.3 Å². The number of carbonyl (C=O) groups is 1. The Labute approximate surface area is 144 Å². The third-order valence-corrected chi connectivity index (χ3v) is 5.55. The van der Waals surface area contributed by atoms with Gasteiger partial charge in [0.25, 0.3) is 0 Å². The van der Waals surface area contributed by atoms with Crippen LogP contribution in [0.15, 0.2) is 36.5 Å². The standard InChI is InChI=1S/C17H20N4O2S/c18-15-19-9-14(24-15)10-20-6-7-21-16(22)23-12-17(21,11-20)8-13-4-2-1-3-5-13/h1-5,9H,6-8,10-12H2,(H2,18,19). The van der Waals surface area contributed by atoms with Crippen LogP contribution in [0.2, 0.25) is 0 Å². The lowest BCUT2D eigenvalue weighted by Gasteiger charge is -2.44. The number of amides is 1. The number of aromatic nitrogens is 1. The fraction of sp³-hybridized carbons (Fsp3) is 0.412. The van der Waals surface area contributed by atoms with Gasteiger partial charge in [0.15, 0.2) is 5.13 Å². The smallest absolute Gasteiger partial charge is 0.410 e. The third kappa shape index (κ3) is 2.85. The Balaban J connectivity index is 1.55. The van der Waals surface area contributed by atoms with E-state index in [2.05, 4.69) is 22.0 Å². The number of benzene rings is 1. The van der Waals surface area contributed by atoms with Crippen molar-refractivity contribution in [2.24, 2.45) is 0 Å². The van der Waals surface area contributed by atoms with Crippen LogP contribution in [0.1, 0.15) is 10.4 Å². The van der Waals surface area contributed by atoms with Gasteiger partial charge in [-0.1, -0.05) is 30.3 Å². The quantitative estimate of drug-likeness (QED) is 0.918. The molecule has 0 saturated carbocycles. The Morgan fingerprint density at radius 2 is 2.12 bits per heavy atom. The van der Waals surface area contributed by atoms with E-state index in [1.54, 1.807) is 0 Å². The van der Waals surface area contributed by atoms with Crippen LogP contribution in [0.25, 0.3) is 0 Å². The predicted molar refractivity (Wildman–Crippen MR) is 92.7 cm³/mol. The summed E-state index contributed by atoms with van der Waals surface area (Å²) in [7, 11) is 0. The number of nitrogens with zero attached hydrogens (tertiary/aromatic N) is 3. The first-order valence-corrected chi connectivity index (χ1v) is 8.87. The molecule has 1 aromatic heterocycles. The van der Waals surface area contributed by atoms with E-state index in [4.69, 9.17) is 10.5 Å². The van der Waals surface area contributed by atoms with E-state index in [1.165, 1.54) is 16.9 Å². The molecule has 0 aliphatic carbocycles. The molecule has 1 atom stereocenters. The van der Waals surface area contributed by atoms with E-state index < -0.39 is 0 Å². The van der Waals surface area contributed by atoms with Crippen molar-refractivity contribution in [3.63, 3.8) is 0 Å². The molecule has 4 rings (SSSR count). The highest BCUT2D eigenvalue weighted by molar-refractivity contribution is 7.15. The molecule has 2 aliphatic rings. The fourth-order valence-corrected chi connectivity index (χ4v) is 4.40. The molecule has 7 heteroatoms. The van der Waals surface area contributed by atoms with Gasteiger partial charge < -0.3 is 10.5 Å². The molecule has 126 valence electrons. The maximum atomic E-state index is 12.1. The zero-order valence-electron chi connectivity index (χ0n) is 13.4. The Bertz CT molecular complexity index is 735. The summed E-state index contributed by atoms with van der Waals surface area (Å²) in [5, 5.41) is 0.599.